The number of ether oxygens (including phenoxy) is 1. The lowest BCUT2D eigenvalue weighted by atomic mass is 10.0. The van der Waals surface area contributed by atoms with Crippen molar-refractivity contribution in [3.63, 3.8) is 0 Å². The van der Waals surface area contributed by atoms with Crippen LogP contribution < -0.4 is 10.5 Å². The third-order valence-corrected chi connectivity index (χ3v) is 3.03. The summed E-state index contributed by atoms with van der Waals surface area (Å²) < 4.78 is 5.10. The van der Waals surface area contributed by atoms with Crippen LogP contribution in [0.2, 0.25) is 0 Å². The van der Waals surface area contributed by atoms with Crippen LogP contribution in [0.25, 0.3) is 0 Å². The molecule has 1 aromatic rings. The van der Waals surface area contributed by atoms with E-state index in [1.807, 2.05) is 19.9 Å². The second kappa shape index (κ2) is 5.19. The number of hydrogen-bond donors (Lipinski definition) is 1. The minimum atomic E-state index is -0.361. The van der Waals surface area contributed by atoms with E-state index in [0.29, 0.717) is 17.9 Å². The summed E-state index contributed by atoms with van der Waals surface area (Å²) >= 11 is 0. The Morgan fingerprint density at radius 3 is 2.65 bits per heavy atom. The number of rotatable bonds is 4. The van der Waals surface area contributed by atoms with E-state index in [4.69, 9.17) is 10.5 Å². The molecule has 0 spiro atoms. The van der Waals surface area contributed by atoms with E-state index in [2.05, 4.69) is 0 Å². The second-order valence-electron chi connectivity index (χ2n) is 4.61. The smallest absolute Gasteiger partial charge is 0.254 e. The van der Waals surface area contributed by atoms with Crippen LogP contribution in [0.4, 0.5) is 0 Å². The average Bonchev–Trinajstić information content (AvgIpc) is 2.37. The number of nitrogens with zero attached hydrogens (tertiary/aromatic N) is 1. The summed E-state index contributed by atoms with van der Waals surface area (Å²) in [6.45, 7) is 4.29. The molecule has 0 aliphatic rings. The van der Waals surface area contributed by atoms with Crippen molar-refractivity contribution in [3.05, 3.63) is 29.8 Å². The molecule has 94 valence electrons. The van der Waals surface area contributed by atoms with Crippen molar-refractivity contribution < 1.29 is 9.53 Å². The van der Waals surface area contributed by atoms with Crippen LogP contribution in [-0.4, -0.2) is 37.0 Å². The average molecular weight is 236 g/mol. The maximum atomic E-state index is 12.2. The molecule has 1 amide bonds. The van der Waals surface area contributed by atoms with Gasteiger partial charge in [0.1, 0.15) is 5.75 Å². The van der Waals surface area contributed by atoms with Gasteiger partial charge in [-0.25, -0.2) is 0 Å². The topological polar surface area (TPSA) is 55.6 Å². The van der Waals surface area contributed by atoms with Gasteiger partial charge in [0.15, 0.2) is 0 Å². The van der Waals surface area contributed by atoms with Crippen molar-refractivity contribution in [2.24, 2.45) is 5.73 Å². The minimum absolute atomic E-state index is 0.0562. The number of methoxy groups -OCH3 is 1. The first kappa shape index (κ1) is 13.5. The van der Waals surface area contributed by atoms with Crippen LogP contribution >= 0.6 is 0 Å². The first-order valence-electron chi connectivity index (χ1n) is 5.54. The summed E-state index contributed by atoms with van der Waals surface area (Å²) in [5.74, 6) is 0.620. The van der Waals surface area contributed by atoms with Crippen LogP contribution in [0.3, 0.4) is 0 Å². The first-order valence-corrected chi connectivity index (χ1v) is 5.54. The Bertz CT molecular complexity index is 402. The quantitative estimate of drug-likeness (QED) is 0.862. The molecule has 2 N–H and O–H groups in total. The van der Waals surface area contributed by atoms with Gasteiger partial charge in [-0.2, -0.15) is 0 Å². The summed E-state index contributed by atoms with van der Waals surface area (Å²) in [7, 11) is 3.34. The molecule has 0 aliphatic heterocycles. The molecule has 4 nitrogen and oxygen atoms in total. The van der Waals surface area contributed by atoms with Crippen molar-refractivity contribution in [1.29, 1.82) is 0 Å². The monoisotopic (exact) mass is 236 g/mol. The molecule has 1 rings (SSSR count). The number of carbonyl (C=O) groups excluding carboxylic acids is 1. The van der Waals surface area contributed by atoms with Gasteiger partial charge in [0.05, 0.1) is 7.11 Å². The van der Waals surface area contributed by atoms with E-state index in [1.165, 1.54) is 0 Å². The predicted octanol–water partition coefficient (Wildman–Crippen LogP) is 1.50. The highest BCUT2D eigenvalue weighted by Gasteiger charge is 2.26. The van der Waals surface area contributed by atoms with Crippen molar-refractivity contribution in [1.82, 2.24) is 4.90 Å². The molecule has 4 heteroatoms. The summed E-state index contributed by atoms with van der Waals surface area (Å²) in [6.07, 6.45) is 0. The van der Waals surface area contributed by atoms with Gasteiger partial charge in [-0.3, -0.25) is 4.79 Å². The summed E-state index contributed by atoms with van der Waals surface area (Å²) in [4.78, 5) is 13.9. The normalized spacial score (nSPS) is 11.1. The van der Waals surface area contributed by atoms with Gasteiger partial charge in [0, 0.05) is 24.7 Å². The van der Waals surface area contributed by atoms with Crippen molar-refractivity contribution >= 4 is 5.91 Å². The largest absolute Gasteiger partial charge is 0.497 e. The lowest BCUT2D eigenvalue weighted by Crippen LogP contribution is -2.50. The fraction of sp³-hybridized carbons (Fsp3) is 0.462. The lowest BCUT2D eigenvalue weighted by molar-refractivity contribution is 0.0640. The highest BCUT2D eigenvalue weighted by molar-refractivity contribution is 5.94. The summed E-state index contributed by atoms with van der Waals surface area (Å²) in [5, 5.41) is 0. The van der Waals surface area contributed by atoms with E-state index in [0.717, 1.165) is 0 Å². The number of amides is 1. The Labute approximate surface area is 102 Å². The number of hydrogen-bond acceptors (Lipinski definition) is 3. The molecular weight excluding hydrogens is 216 g/mol. The number of carbonyl (C=O) groups is 1. The maximum absolute atomic E-state index is 12.2. The number of nitrogens with two attached hydrogens (primary N) is 1. The first-order chi connectivity index (χ1) is 7.92. The van der Waals surface area contributed by atoms with Gasteiger partial charge in [-0.1, -0.05) is 6.07 Å². The molecule has 0 fully saturated rings. The number of likely N-dealkylation sites (N-methyl/N-ethyl adjacent to an activating group) is 1. The predicted molar refractivity (Wildman–Crippen MR) is 68.2 cm³/mol. The van der Waals surface area contributed by atoms with E-state index in [9.17, 15) is 4.79 Å². The second-order valence-corrected chi connectivity index (χ2v) is 4.61. The molecule has 17 heavy (non-hydrogen) atoms. The van der Waals surface area contributed by atoms with Gasteiger partial charge < -0.3 is 15.4 Å². The molecule has 0 aromatic heterocycles. The molecule has 0 atom stereocenters. The zero-order valence-corrected chi connectivity index (χ0v) is 10.9. The van der Waals surface area contributed by atoms with Gasteiger partial charge in [0.2, 0.25) is 0 Å². The van der Waals surface area contributed by atoms with Crippen molar-refractivity contribution in [3.8, 4) is 5.75 Å². The van der Waals surface area contributed by atoms with Gasteiger partial charge in [0.25, 0.3) is 5.91 Å². The molecular formula is C13H20N2O2. The van der Waals surface area contributed by atoms with E-state index >= 15 is 0 Å². The lowest BCUT2D eigenvalue weighted by Gasteiger charge is -2.34. The molecule has 0 aliphatic carbocycles. The van der Waals surface area contributed by atoms with E-state index in [-0.39, 0.29) is 11.4 Å². The van der Waals surface area contributed by atoms with Crippen molar-refractivity contribution in [2.45, 2.75) is 19.4 Å². The van der Waals surface area contributed by atoms with Gasteiger partial charge in [-0.15, -0.1) is 0 Å². The van der Waals surface area contributed by atoms with E-state index < -0.39 is 0 Å². The molecule has 0 heterocycles. The summed E-state index contributed by atoms with van der Waals surface area (Å²) in [6, 6.07) is 7.11. The molecule has 0 unspecified atom stereocenters. The van der Waals surface area contributed by atoms with Crippen LogP contribution in [-0.2, 0) is 0 Å². The highest BCUT2D eigenvalue weighted by Crippen LogP contribution is 2.18. The Balaban J connectivity index is 2.96. The molecule has 1 aromatic carbocycles. The third-order valence-electron chi connectivity index (χ3n) is 3.03. The molecule has 0 radical (unpaired) electrons. The summed E-state index contributed by atoms with van der Waals surface area (Å²) in [5.41, 5.74) is 5.90. The third kappa shape index (κ3) is 2.97. The number of benzene rings is 1. The molecule has 0 saturated carbocycles. The van der Waals surface area contributed by atoms with Gasteiger partial charge >= 0.3 is 0 Å². The van der Waals surface area contributed by atoms with E-state index in [1.54, 1.807) is 37.3 Å². The van der Waals surface area contributed by atoms with Crippen LogP contribution in [0.5, 0.6) is 5.75 Å². The standard InChI is InChI=1S/C13H20N2O2/c1-13(2,9-14)15(3)12(16)10-6-5-7-11(8-10)17-4/h5-8H,9,14H2,1-4H3. The zero-order valence-electron chi connectivity index (χ0n) is 10.9. The maximum Gasteiger partial charge on any atom is 0.254 e. The van der Waals surface area contributed by atoms with Crippen molar-refractivity contribution in [2.75, 3.05) is 20.7 Å². The Hall–Kier alpha value is -1.55. The van der Waals surface area contributed by atoms with Gasteiger partial charge in [-0.05, 0) is 32.0 Å². The Morgan fingerprint density at radius 1 is 1.47 bits per heavy atom. The van der Waals surface area contributed by atoms with Crippen LogP contribution in [0.15, 0.2) is 24.3 Å². The highest BCUT2D eigenvalue weighted by atomic mass is 16.5. The minimum Gasteiger partial charge on any atom is -0.497 e. The van der Waals surface area contributed by atoms with Crippen LogP contribution in [0.1, 0.15) is 24.2 Å². The Morgan fingerprint density at radius 2 is 2.12 bits per heavy atom. The Kier molecular flexibility index (Phi) is 4.12. The SMILES string of the molecule is COc1cccc(C(=O)N(C)C(C)(C)CN)c1. The van der Waals surface area contributed by atoms with Crippen LogP contribution in [0, 0.1) is 0 Å². The molecule has 0 bridgehead atoms. The zero-order chi connectivity index (χ0) is 13.1. The fourth-order valence-corrected chi connectivity index (χ4v) is 1.36. The molecule has 0 saturated heterocycles. The fourth-order valence-electron chi connectivity index (χ4n) is 1.36.